The Balaban J connectivity index is 5.34. The molecule has 3 N–H and O–H groups in total. The van der Waals surface area contributed by atoms with Crippen LogP contribution < -0.4 is 0 Å². The van der Waals surface area contributed by atoms with Crippen molar-refractivity contribution in [3.05, 3.63) is 122 Å². The van der Waals surface area contributed by atoms with Gasteiger partial charge in [-0.2, -0.15) is 0 Å². The molecule has 5 atom stereocenters. The zero-order valence-electron chi connectivity index (χ0n) is 65.4. The Labute approximate surface area is 632 Å². The van der Waals surface area contributed by atoms with Gasteiger partial charge in [0.25, 0.3) is 0 Å². The number of hydrogen-bond donors (Lipinski definition) is 3. The number of ether oxygens (including phenoxy) is 4. The normalized spacial score (nSPS) is 14.5. The Morgan fingerprint density at radius 2 is 0.510 bits per heavy atom. The molecule has 598 valence electrons. The van der Waals surface area contributed by atoms with Gasteiger partial charge in [0.1, 0.15) is 19.3 Å². The van der Waals surface area contributed by atoms with E-state index in [0.29, 0.717) is 25.7 Å². The van der Waals surface area contributed by atoms with Crippen molar-refractivity contribution < 1.29 is 80.2 Å². The van der Waals surface area contributed by atoms with Crippen LogP contribution in [0.1, 0.15) is 336 Å². The molecule has 0 saturated carbocycles. The highest BCUT2D eigenvalue weighted by atomic mass is 31.2. The average Bonchev–Trinajstić information content (AvgIpc) is 0.929. The fraction of sp³-hybridized carbons (Fsp3) is 0.718. The van der Waals surface area contributed by atoms with Crippen molar-refractivity contribution >= 4 is 39.5 Å². The Bertz CT molecular complexity index is 2440. The molecule has 0 fully saturated rings. The number of rotatable bonds is 76. The van der Waals surface area contributed by atoms with Gasteiger partial charge in [0.15, 0.2) is 12.2 Å². The van der Waals surface area contributed by atoms with E-state index in [4.69, 9.17) is 37.0 Å². The summed E-state index contributed by atoms with van der Waals surface area (Å²) < 4.78 is 68.6. The van der Waals surface area contributed by atoms with Crippen molar-refractivity contribution in [1.82, 2.24) is 0 Å². The van der Waals surface area contributed by atoms with Crippen molar-refractivity contribution in [1.29, 1.82) is 0 Å². The van der Waals surface area contributed by atoms with Crippen LogP contribution >= 0.6 is 15.6 Å². The first-order valence-electron chi connectivity index (χ1n) is 40.8. The molecule has 0 aromatic heterocycles. The van der Waals surface area contributed by atoms with Gasteiger partial charge in [0.05, 0.1) is 26.4 Å². The van der Waals surface area contributed by atoms with Crippen molar-refractivity contribution in [2.45, 2.75) is 354 Å². The molecule has 0 aliphatic carbocycles. The molecule has 0 saturated heterocycles. The lowest BCUT2D eigenvalue weighted by Gasteiger charge is -2.21. The number of unbranched alkanes of at least 4 members (excludes halogenated alkanes) is 30. The molecule has 0 bridgehead atoms. The van der Waals surface area contributed by atoms with Crippen LogP contribution in [0, 0.1) is 0 Å². The third kappa shape index (κ3) is 75.7. The van der Waals surface area contributed by atoms with Gasteiger partial charge >= 0.3 is 39.5 Å². The van der Waals surface area contributed by atoms with Crippen LogP contribution in [0.5, 0.6) is 0 Å². The standard InChI is InChI=1S/C85H146O17P2/c1-5-9-13-17-21-25-29-32-35-37-39-41-44-46-50-53-57-61-65-69-82(87)95-75-80(101-84(89)71-67-63-59-55-49-28-24-20-16-12-8-4)77-99-103(91,92)97-73-79(86)74-98-104(93,94)100-78-81(102-85(90)72-68-64-60-56-52-48-43-34-31-27-23-19-15-11-7-3)76-96-83(88)70-66-62-58-54-51-47-45-42-40-38-36-33-30-26-22-18-14-10-6-2/h10,14,20-27,32-36,39-43,79-81,86H,5-9,11-13,15-19,28-31,37-38,44-78H2,1-4H3,(H,91,92)(H,93,94)/b14-10-,24-20-,25-21-,26-22-,27-23-,35-32-,36-33-,41-39-,42-40-,43-34-. The van der Waals surface area contributed by atoms with Gasteiger partial charge in [0, 0.05) is 25.7 Å². The molecule has 0 heterocycles. The SMILES string of the molecule is CC/C=C\C/C=C\C/C=C\C/C=C\CCCCCCCCC(=O)OCC(COP(=O)(O)OCC(O)COP(=O)(O)OCC(COC(=O)CCCCCCCC/C=C\C/C=C\C/C=C\CCCCC)OC(=O)CCCCCCC/C=C\CCCC)OC(=O)CCCCCCC/C=C\C/C=C\CCCCC. The Morgan fingerprint density at radius 3 is 0.808 bits per heavy atom. The highest BCUT2D eigenvalue weighted by molar-refractivity contribution is 7.47. The van der Waals surface area contributed by atoms with Crippen LogP contribution in [0.3, 0.4) is 0 Å². The van der Waals surface area contributed by atoms with Crippen LogP contribution in [0.15, 0.2) is 122 Å². The molecule has 0 aromatic rings. The molecule has 0 spiro atoms. The van der Waals surface area contributed by atoms with E-state index in [-0.39, 0.29) is 25.7 Å². The van der Waals surface area contributed by atoms with E-state index < -0.39 is 97.5 Å². The highest BCUT2D eigenvalue weighted by Gasteiger charge is 2.30. The maximum absolute atomic E-state index is 13.1. The molecule has 5 unspecified atom stereocenters. The Morgan fingerprint density at radius 1 is 0.279 bits per heavy atom. The molecule has 104 heavy (non-hydrogen) atoms. The van der Waals surface area contributed by atoms with Crippen LogP contribution in [-0.4, -0.2) is 96.7 Å². The summed E-state index contributed by atoms with van der Waals surface area (Å²) in [6.45, 7) is 4.64. The fourth-order valence-electron chi connectivity index (χ4n) is 10.6. The molecule has 19 heteroatoms. The van der Waals surface area contributed by atoms with E-state index in [1.165, 1.54) is 51.4 Å². The zero-order chi connectivity index (χ0) is 76.0. The first-order chi connectivity index (χ1) is 50.7. The minimum Gasteiger partial charge on any atom is -0.462 e. The van der Waals surface area contributed by atoms with E-state index in [0.717, 1.165) is 205 Å². The van der Waals surface area contributed by atoms with Crippen molar-refractivity contribution in [2.24, 2.45) is 0 Å². The molecule has 0 aromatic carbocycles. The predicted octanol–water partition coefficient (Wildman–Crippen LogP) is 23.9. The van der Waals surface area contributed by atoms with Gasteiger partial charge in [-0.15, -0.1) is 0 Å². The first kappa shape index (κ1) is 99.5. The number of phosphoric acid groups is 2. The number of esters is 4. The maximum atomic E-state index is 13.1. The molecule has 0 amide bonds. The lowest BCUT2D eigenvalue weighted by atomic mass is 10.1. The van der Waals surface area contributed by atoms with Crippen molar-refractivity contribution in [3.8, 4) is 0 Å². The van der Waals surface area contributed by atoms with Crippen LogP contribution in [0.25, 0.3) is 0 Å². The number of carbonyl (C=O) groups excluding carboxylic acids is 4. The number of carbonyl (C=O) groups is 4. The molecular formula is C85H146O17P2. The zero-order valence-corrected chi connectivity index (χ0v) is 67.2. The van der Waals surface area contributed by atoms with E-state index in [1.54, 1.807) is 0 Å². The lowest BCUT2D eigenvalue weighted by molar-refractivity contribution is -0.161. The Hall–Kier alpha value is -4.54. The third-order valence-corrected chi connectivity index (χ3v) is 18.8. The van der Waals surface area contributed by atoms with Gasteiger partial charge in [-0.3, -0.25) is 37.3 Å². The summed E-state index contributed by atoms with van der Waals surface area (Å²) >= 11 is 0. The Kier molecular flexibility index (Phi) is 73.3. The molecular weight excluding hydrogens is 1350 g/mol. The summed E-state index contributed by atoms with van der Waals surface area (Å²) in [5.41, 5.74) is 0. The minimum absolute atomic E-state index is 0.0736. The summed E-state index contributed by atoms with van der Waals surface area (Å²) in [7, 11) is -9.97. The average molecular weight is 1500 g/mol. The quantitative estimate of drug-likeness (QED) is 0.0169. The van der Waals surface area contributed by atoms with Crippen LogP contribution in [0.4, 0.5) is 0 Å². The monoisotopic (exact) mass is 1500 g/mol. The van der Waals surface area contributed by atoms with Gasteiger partial charge in [-0.05, 0) is 154 Å². The highest BCUT2D eigenvalue weighted by Crippen LogP contribution is 2.45. The number of allylic oxidation sites excluding steroid dienone is 20. The molecule has 0 aliphatic rings. The second-order valence-electron chi connectivity index (χ2n) is 27.0. The second kappa shape index (κ2) is 76.6. The van der Waals surface area contributed by atoms with Crippen molar-refractivity contribution in [2.75, 3.05) is 39.6 Å². The van der Waals surface area contributed by atoms with Gasteiger partial charge in [0.2, 0.25) is 0 Å². The number of phosphoric ester groups is 2. The van der Waals surface area contributed by atoms with E-state index in [2.05, 4.69) is 149 Å². The van der Waals surface area contributed by atoms with E-state index in [1.807, 2.05) is 0 Å². The molecule has 0 radical (unpaired) electrons. The van der Waals surface area contributed by atoms with E-state index >= 15 is 0 Å². The predicted molar refractivity (Wildman–Crippen MR) is 427 cm³/mol. The summed E-state index contributed by atoms with van der Waals surface area (Å²) in [5.74, 6) is -2.22. The van der Waals surface area contributed by atoms with Gasteiger partial charge in [-0.1, -0.05) is 278 Å². The van der Waals surface area contributed by atoms with Crippen LogP contribution in [0.2, 0.25) is 0 Å². The smallest absolute Gasteiger partial charge is 0.462 e. The maximum Gasteiger partial charge on any atom is 0.472 e. The first-order valence-corrected chi connectivity index (χ1v) is 43.8. The third-order valence-electron chi connectivity index (χ3n) is 16.9. The largest absolute Gasteiger partial charge is 0.472 e. The molecule has 0 rings (SSSR count). The minimum atomic E-state index is -4.99. The van der Waals surface area contributed by atoms with Crippen LogP contribution in [-0.2, 0) is 65.4 Å². The number of aliphatic hydroxyl groups is 1. The number of aliphatic hydroxyl groups excluding tert-OH is 1. The topological polar surface area (TPSA) is 237 Å². The lowest BCUT2D eigenvalue weighted by Crippen LogP contribution is -2.30. The summed E-state index contributed by atoms with van der Waals surface area (Å²) in [6.07, 6.45) is 84.6. The van der Waals surface area contributed by atoms with Gasteiger partial charge in [-0.25, -0.2) is 9.13 Å². The fourth-order valence-corrected chi connectivity index (χ4v) is 12.2. The van der Waals surface area contributed by atoms with E-state index in [9.17, 15) is 43.2 Å². The summed E-state index contributed by atoms with van der Waals surface area (Å²) in [4.78, 5) is 73.0. The number of hydrogen-bond acceptors (Lipinski definition) is 15. The van der Waals surface area contributed by atoms with Gasteiger partial charge < -0.3 is 33.8 Å². The van der Waals surface area contributed by atoms with Crippen molar-refractivity contribution in [3.63, 3.8) is 0 Å². The summed E-state index contributed by atoms with van der Waals surface area (Å²) in [5, 5.41) is 10.6. The molecule has 0 aliphatic heterocycles. The molecule has 17 nitrogen and oxygen atoms in total. The second-order valence-corrected chi connectivity index (χ2v) is 29.9. The summed E-state index contributed by atoms with van der Waals surface area (Å²) in [6, 6.07) is 0.